The zero-order valence-corrected chi connectivity index (χ0v) is 30.0. The van der Waals surface area contributed by atoms with E-state index in [1.807, 2.05) is 29.1 Å². The van der Waals surface area contributed by atoms with Crippen molar-refractivity contribution >= 4 is 45.7 Å². The third-order valence-electron chi connectivity index (χ3n) is 11.5. The van der Waals surface area contributed by atoms with E-state index in [-0.39, 0.29) is 24.3 Å². The van der Waals surface area contributed by atoms with Crippen molar-refractivity contribution in [2.45, 2.75) is 81.6 Å². The smallest absolute Gasteiger partial charge is 0.356 e. The summed E-state index contributed by atoms with van der Waals surface area (Å²) in [5.41, 5.74) is 1.63. The van der Waals surface area contributed by atoms with Crippen molar-refractivity contribution in [3.05, 3.63) is 71.9 Å². The maximum Gasteiger partial charge on any atom is 0.434 e. The van der Waals surface area contributed by atoms with Crippen LogP contribution in [0.2, 0.25) is 0 Å². The summed E-state index contributed by atoms with van der Waals surface area (Å²) in [5, 5.41) is 21.7. The molecule has 17 heteroatoms. The number of imide groups is 1. The van der Waals surface area contributed by atoms with Crippen molar-refractivity contribution in [1.82, 2.24) is 30.0 Å². The number of rotatable bonds is 7. The summed E-state index contributed by atoms with van der Waals surface area (Å²) in [6.45, 7) is 1.85. The first-order chi connectivity index (χ1) is 26.3. The molecular weight excluding hydrogens is 722 g/mol. The van der Waals surface area contributed by atoms with E-state index in [1.54, 1.807) is 35.0 Å². The fraction of sp³-hybridized carbons (Fsp3) is 0.474. The van der Waals surface area contributed by atoms with Gasteiger partial charge in [-0.1, -0.05) is 12.1 Å². The number of halogens is 4. The maximum absolute atomic E-state index is 16.1. The number of benzene rings is 2. The summed E-state index contributed by atoms with van der Waals surface area (Å²) in [6, 6.07) is 10.2. The van der Waals surface area contributed by atoms with Gasteiger partial charge in [-0.15, -0.1) is 0 Å². The second-order valence-corrected chi connectivity index (χ2v) is 15.0. The summed E-state index contributed by atoms with van der Waals surface area (Å²) in [4.78, 5) is 49.6. The summed E-state index contributed by atoms with van der Waals surface area (Å²) in [6.07, 6.45) is 1.34. The van der Waals surface area contributed by atoms with Crippen LogP contribution >= 0.6 is 0 Å². The number of amides is 3. The van der Waals surface area contributed by atoms with Crippen LogP contribution in [-0.2, 0) is 15.8 Å². The molecule has 3 fully saturated rings. The van der Waals surface area contributed by atoms with Crippen LogP contribution in [0.3, 0.4) is 0 Å². The van der Waals surface area contributed by atoms with Crippen molar-refractivity contribution in [1.29, 1.82) is 0 Å². The zero-order valence-electron chi connectivity index (χ0n) is 30.0. The van der Waals surface area contributed by atoms with Crippen molar-refractivity contribution in [3.63, 3.8) is 0 Å². The molecule has 55 heavy (non-hydrogen) atoms. The molecule has 3 aliphatic heterocycles. The van der Waals surface area contributed by atoms with Gasteiger partial charge in [0.05, 0.1) is 35.3 Å². The lowest BCUT2D eigenvalue weighted by atomic mass is 9.83. The predicted molar refractivity (Wildman–Crippen MR) is 194 cm³/mol. The minimum atomic E-state index is -4.72. The lowest BCUT2D eigenvalue weighted by Gasteiger charge is -2.39. The second-order valence-electron chi connectivity index (χ2n) is 15.0. The van der Waals surface area contributed by atoms with Gasteiger partial charge in [0.2, 0.25) is 18.2 Å². The van der Waals surface area contributed by atoms with Gasteiger partial charge in [0.1, 0.15) is 17.9 Å². The SMILES string of the molecule is CN1c2c([C@@H]3CCN(CC4CCC(n5cc6cc(NC(=O)c7cncc(C(F)(F)F)n7)ccc6n5)CC4)C[C@H]3F)cccc2N([C@H]2CCC(=O)NC2=O)C1O. The number of fused-ring (bicyclic) bond motifs is 2. The molecule has 4 aromatic rings. The lowest BCUT2D eigenvalue weighted by molar-refractivity contribution is -0.141. The summed E-state index contributed by atoms with van der Waals surface area (Å²) in [5.74, 6) is -1.53. The molecule has 13 nitrogen and oxygen atoms in total. The number of para-hydroxylation sites is 1. The Hall–Kier alpha value is -5.16. The fourth-order valence-electron chi connectivity index (χ4n) is 8.70. The number of aliphatic hydroxyl groups excluding tert-OH is 1. The van der Waals surface area contributed by atoms with Gasteiger partial charge in [-0.3, -0.25) is 29.4 Å². The van der Waals surface area contributed by atoms with Gasteiger partial charge in [-0.05, 0) is 80.8 Å². The van der Waals surface area contributed by atoms with Gasteiger partial charge in [0.15, 0.2) is 5.69 Å². The van der Waals surface area contributed by atoms with Crippen LogP contribution in [0.4, 0.5) is 34.6 Å². The van der Waals surface area contributed by atoms with Gasteiger partial charge < -0.3 is 25.1 Å². The summed E-state index contributed by atoms with van der Waals surface area (Å²) in [7, 11) is 1.74. The average Bonchev–Trinajstić information content (AvgIpc) is 3.69. The Morgan fingerprint density at radius 1 is 1.05 bits per heavy atom. The number of nitrogens with zero attached hydrogens (tertiary/aromatic N) is 7. The maximum atomic E-state index is 16.1. The number of carbonyl (C=O) groups is 3. The largest absolute Gasteiger partial charge is 0.434 e. The van der Waals surface area contributed by atoms with Crippen LogP contribution in [0.15, 0.2) is 55.0 Å². The molecule has 5 heterocycles. The second kappa shape index (κ2) is 14.5. The number of alkyl halides is 4. The van der Waals surface area contributed by atoms with Crippen LogP contribution in [0.5, 0.6) is 0 Å². The fourth-order valence-corrected chi connectivity index (χ4v) is 8.70. The molecule has 2 saturated heterocycles. The third kappa shape index (κ3) is 7.22. The molecule has 0 spiro atoms. The van der Waals surface area contributed by atoms with Gasteiger partial charge in [0, 0.05) is 49.7 Å². The Morgan fingerprint density at radius 2 is 1.85 bits per heavy atom. The van der Waals surface area contributed by atoms with Gasteiger partial charge in [-0.2, -0.15) is 18.3 Å². The van der Waals surface area contributed by atoms with E-state index in [1.165, 1.54) is 0 Å². The van der Waals surface area contributed by atoms with Gasteiger partial charge in [-0.25, -0.2) is 9.37 Å². The molecule has 2 aromatic carbocycles. The third-order valence-corrected chi connectivity index (χ3v) is 11.5. The number of carbonyl (C=O) groups excluding carboxylic acids is 3. The highest BCUT2D eigenvalue weighted by Crippen LogP contribution is 2.47. The van der Waals surface area contributed by atoms with Crippen LogP contribution in [0.1, 0.15) is 78.7 Å². The van der Waals surface area contributed by atoms with E-state index in [4.69, 9.17) is 5.10 Å². The molecule has 1 saturated carbocycles. The molecule has 1 aliphatic carbocycles. The van der Waals surface area contributed by atoms with E-state index in [0.717, 1.165) is 67.1 Å². The Kier molecular flexibility index (Phi) is 9.69. The van der Waals surface area contributed by atoms with E-state index in [9.17, 15) is 32.7 Å². The first-order valence-corrected chi connectivity index (χ1v) is 18.6. The van der Waals surface area contributed by atoms with Crippen LogP contribution in [-0.4, -0.2) is 92.7 Å². The Morgan fingerprint density at radius 3 is 2.60 bits per heavy atom. The van der Waals surface area contributed by atoms with E-state index >= 15 is 4.39 Å². The normalized spacial score (nSPS) is 26.3. The Labute approximate surface area is 313 Å². The minimum Gasteiger partial charge on any atom is -0.356 e. The molecule has 2 aromatic heterocycles. The van der Waals surface area contributed by atoms with Crippen molar-refractivity contribution in [2.24, 2.45) is 5.92 Å². The minimum absolute atomic E-state index is 0.175. The highest BCUT2D eigenvalue weighted by molar-refractivity contribution is 6.04. The first-order valence-electron chi connectivity index (χ1n) is 18.6. The number of likely N-dealkylation sites (tertiary alicyclic amines) is 1. The molecule has 1 unspecified atom stereocenters. The molecule has 8 rings (SSSR count). The Balaban J connectivity index is 0.858. The molecule has 0 radical (unpaired) electrons. The van der Waals surface area contributed by atoms with Crippen molar-refractivity contribution in [3.8, 4) is 0 Å². The van der Waals surface area contributed by atoms with Gasteiger partial charge in [0.25, 0.3) is 5.91 Å². The predicted octanol–water partition coefficient (Wildman–Crippen LogP) is 4.99. The standard InChI is InChI=1S/C38H41F4N9O4/c1-48-34-26(3-2-4-30(34)51(37(48)55)31-11-12-33(52)46-36(31)54)25-13-14-49(20-27(25)39)18-21-5-8-24(9-6-21)50-19-22-15-23(7-10-28(22)47-50)44-35(53)29-16-43-17-32(45-29)38(40,41)42/h2-4,7,10,15-17,19,21,24-25,27,31,37,55H,5-6,8-9,11-14,18,20H2,1H3,(H,44,53)(H,46,52,54)/t21?,24?,25-,27+,31-,37?/m0/s1. The van der Waals surface area contributed by atoms with E-state index in [2.05, 4.69) is 25.5 Å². The number of hydrogen-bond acceptors (Lipinski definition) is 10. The number of aromatic nitrogens is 4. The topological polar surface area (TPSA) is 149 Å². The number of hydrogen-bond donors (Lipinski definition) is 3. The highest BCUT2D eigenvalue weighted by atomic mass is 19.4. The summed E-state index contributed by atoms with van der Waals surface area (Å²) >= 11 is 0. The number of piperidine rings is 2. The molecule has 3 amide bonds. The lowest BCUT2D eigenvalue weighted by Crippen LogP contribution is -2.56. The zero-order chi connectivity index (χ0) is 38.6. The average molecular weight is 764 g/mol. The van der Waals surface area contributed by atoms with Gasteiger partial charge >= 0.3 is 6.18 Å². The quantitative estimate of drug-likeness (QED) is 0.174. The Bertz CT molecular complexity index is 2120. The molecule has 4 aliphatic rings. The molecular formula is C38H41F4N9O4. The van der Waals surface area contributed by atoms with Crippen molar-refractivity contribution < 1.29 is 37.1 Å². The molecule has 290 valence electrons. The molecule has 0 bridgehead atoms. The van der Waals surface area contributed by atoms with Crippen LogP contribution in [0.25, 0.3) is 10.9 Å². The van der Waals surface area contributed by atoms with Crippen LogP contribution < -0.4 is 20.4 Å². The highest BCUT2D eigenvalue weighted by Gasteiger charge is 2.45. The van der Waals surface area contributed by atoms with Crippen molar-refractivity contribution in [2.75, 3.05) is 41.8 Å². The molecule has 3 N–H and O–H groups in total. The number of anilines is 3. The van der Waals surface area contributed by atoms with E-state index in [0.29, 0.717) is 42.9 Å². The van der Waals surface area contributed by atoms with E-state index < -0.39 is 47.9 Å². The van der Waals surface area contributed by atoms with Crippen LogP contribution in [0, 0.1) is 5.92 Å². The monoisotopic (exact) mass is 763 g/mol. The molecule has 4 atom stereocenters. The summed E-state index contributed by atoms with van der Waals surface area (Å²) < 4.78 is 57.1. The number of nitrogens with one attached hydrogen (secondary N) is 2. The first kappa shape index (κ1) is 36.8. The number of aliphatic hydroxyl groups is 1.